The van der Waals surface area contributed by atoms with Crippen molar-refractivity contribution in [3.8, 4) is 23.1 Å². The fourth-order valence-electron chi connectivity index (χ4n) is 5.08. The molecule has 11 heteroatoms. The van der Waals surface area contributed by atoms with E-state index in [1.807, 2.05) is 10.6 Å². The van der Waals surface area contributed by atoms with Gasteiger partial charge in [0, 0.05) is 35.9 Å². The lowest BCUT2D eigenvalue weighted by Gasteiger charge is -2.27. The van der Waals surface area contributed by atoms with Crippen LogP contribution in [0.5, 0.6) is 5.88 Å². The molecule has 1 saturated heterocycles. The SMILES string of the molecule is COC(=O)c1ccc2nc(Cc3cc(F)c(-c4cccnc4OCc4ccc(C#N)cc4F)cc3F)n(C[C@@H]3CCO3)c2c1. The Morgan fingerprint density at radius 2 is 1.86 bits per heavy atom. The van der Waals surface area contributed by atoms with Crippen molar-refractivity contribution in [2.45, 2.75) is 32.1 Å². The molecule has 3 aromatic carbocycles. The molecule has 1 aliphatic heterocycles. The Morgan fingerprint density at radius 3 is 2.59 bits per heavy atom. The van der Waals surface area contributed by atoms with E-state index in [1.165, 1.54) is 31.5 Å². The topological polar surface area (TPSA) is 99.3 Å². The molecular weight excluding hydrogens is 573 g/mol. The minimum atomic E-state index is -0.707. The zero-order valence-corrected chi connectivity index (χ0v) is 23.5. The summed E-state index contributed by atoms with van der Waals surface area (Å²) in [5.41, 5.74) is 2.14. The maximum absolute atomic E-state index is 15.6. The standard InChI is InChI=1S/C33H25F3N4O4/c1-42-33(41)20-6-7-29-30(13-20)40(17-23-8-10-43-23)31(39-29)14-22-12-28(36)25(15-27(22)35)24-3-2-9-38-32(24)44-18-21-5-4-19(16-37)11-26(21)34/h2-7,9,11-13,15,23H,8,10,14,17-18H2,1H3/t23-/m0/s1. The normalized spacial score (nSPS) is 14.2. The van der Waals surface area contributed by atoms with E-state index in [2.05, 4.69) is 9.97 Å². The first-order chi connectivity index (χ1) is 21.3. The number of carbonyl (C=O) groups is 1. The zero-order chi connectivity index (χ0) is 30.8. The molecule has 0 N–H and O–H groups in total. The van der Waals surface area contributed by atoms with Crippen LogP contribution in [0, 0.1) is 28.8 Å². The van der Waals surface area contributed by atoms with Gasteiger partial charge in [0.05, 0.1) is 48.0 Å². The first-order valence-corrected chi connectivity index (χ1v) is 13.8. The zero-order valence-electron chi connectivity index (χ0n) is 23.5. The number of nitrogens with zero attached hydrogens (tertiary/aromatic N) is 4. The van der Waals surface area contributed by atoms with Crippen LogP contribution in [-0.4, -0.2) is 40.3 Å². The number of hydrogen-bond donors (Lipinski definition) is 0. The molecule has 8 nitrogen and oxygen atoms in total. The molecule has 1 atom stereocenters. The number of aromatic nitrogens is 3. The number of nitriles is 1. The molecule has 0 unspecified atom stereocenters. The molecule has 3 heterocycles. The van der Waals surface area contributed by atoms with Gasteiger partial charge in [0.2, 0.25) is 5.88 Å². The van der Waals surface area contributed by atoms with Crippen molar-refractivity contribution >= 4 is 17.0 Å². The highest BCUT2D eigenvalue weighted by Gasteiger charge is 2.24. The number of esters is 1. The smallest absolute Gasteiger partial charge is 0.337 e. The van der Waals surface area contributed by atoms with Gasteiger partial charge in [0.25, 0.3) is 0 Å². The summed E-state index contributed by atoms with van der Waals surface area (Å²) in [5.74, 6) is -2.01. The van der Waals surface area contributed by atoms with Crippen LogP contribution in [-0.2, 0) is 29.0 Å². The Hall–Kier alpha value is -5.21. The molecule has 0 amide bonds. The second-order valence-corrected chi connectivity index (χ2v) is 10.3. The van der Waals surface area contributed by atoms with Gasteiger partial charge in [-0.25, -0.2) is 27.9 Å². The highest BCUT2D eigenvalue weighted by molar-refractivity contribution is 5.93. The van der Waals surface area contributed by atoms with Crippen LogP contribution in [0.25, 0.3) is 22.2 Å². The van der Waals surface area contributed by atoms with E-state index >= 15 is 8.78 Å². The lowest BCUT2D eigenvalue weighted by molar-refractivity contribution is -0.0589. The lowest BCUT2D eigenvalue weighted by atomic mass is 10.0. The number of imidazole rings is 1. The summed E-state index contributed by atoms with van der Waals surface area (Å²) < 4.78 is 63.7. The van der Waals surface area contributed by atoms with Gasteiger partial charge in [-0.2, -0.15) is 5.26 Å². The molecule has 44 heavy (non-hydrogen) atoms. The van der Waals surface area contributed by atoms with Crippen LogP contribution >= 0.6 is 0 Å². The fraction of sp³-hybridized carbons (Fsp3) is 0.212. The minimum absolute atomic E-state index is 0.00832. The monoisotopic (exact) mass is 598 g/mol. The third-order valence-corrected chi connectivity index (χ3v) is 7.52. The Morgan fingerprint density at radius 1 is 1.05 bits per heavy atom. The van der Waals surface area contributed by atoms with Gasteiger partial charge in [-0.15, -0.1) is 0 Å². The van der Waals surface area contributed by atoms with Crippen molar-refractivity contribution in [3.05, 3.63) is 112 Å². The second-order valence-electron chi connectivity index (χ2n) is 10.3. The van der Waals surface area contributed by atoms with Crippen LogP contribution in [0.1, 0.15) is 39.3 Å². The molecule has 0 spiro atoms. The quantitative estimate of drug-likeness (QED) is 0.188. The summed E-state index contributed by atoms with van der Waals surface area (Å²) in [6.07, 6.45) is 2.20. The van der Waals surface area contributed by atoms with Gasteiger partial charge in [0.1, 0.15) is 29.9 Å². The van der Waals surface area contributed by atoms with Crippen molar-refractivity contribution in [1.29, 1.82) is 5.26 Å². The van der Waals surface area contributed by atoms with E-state index in [-0.39, 0.29) is 52.8 Å². The average Bonchev–Trinajstić information content (AvgIpc) is 3.35. The largest absolute Gasteiger partial charge is 0.472 e. The Kier molecular flexibility index (Phi) is 8.00. The van der Waals surface area contributed by atoms with Gasteiger partial charge in [-0.05, 0) is 66.6 Å². The van der Waals surface area contributed by atoms with Crippen molar-refractivity contribution in [3.63, 3.8) is 0 Å². The highest BCUT2D eigenvalue weighted by Crippen LogP contribution is 2.33. The summed E-state index contributed by atoms with van der Waals surface area (Å²) in [6.45, 7) is 0.848. The summed E-state index contributed by atoms with van der Waals surface area (Å²) in [6, 6.07) is 16.1. The van der Waals surface area contributed by atoms with Gasteiger partial charge >= 0.3 is 5.97 Å². The maximum Gasteiger partial charge on any atom is 0.337 e. The third kappa shape index (κ3) is 5.72. The number of carbonyl (C=O) groups excluding carboxylic acids is 1. The molecule has 5 aromatic rings. The number of fused-ring (bicyclic) bond motifs is 1. The first kappa shape index (κ1) is 28.9. The number of benzene rings is 3. The van der Waals surface area contributed by atoms with E-state index in [9.17, 15) is 9.18 Å². The molecule has 222 valence electrons. The molecule has 2 aromatic heterocycles. The Bertz CT molecular complexity index is 1930. The summed E-state index contributed by atoms with van der Waals surface area (Å²) >= 11 is 0. The number of halogens is 3. The molecule has 0 aliphatic carbocycles. The average molecular weight is 599 g/mol. The van der Waals surface area contributed by atoms with Gasteiger partial charge in [-0.1, -0.05) is 6.07 Å². The van der Waals surface area contributed by atoms with Crippen molar-refractivity contribution < 1.29 is 32.2 Å². The molecule has 0 bridgehead atoms. The van der Waals surface area contributed by atoms with Gasteiger partial charge in [-0.3, -0.25) is 0 Å². The molecule has 1 aliphatic rings. The van der Waals surface area contributed by atoms with Crippen molar-refractivity contribution in [2.24, 2.45) is 0 Å². The Balaban J connectivity index is 1.30. The van der Waals surface area contributed by atoms with Crippen LogP contribution in [0.4, 0.5) is 13.2 Å². The van der Waals surface area contributed by atoms with Crippen molar-refractivity contribution in [1.82, 2.24) is 14.5 Å². The second kappa shape index (κ2) is 12.2. The number of methoxy groups -OCH3 is 1. The predicted molar refractivity (Wildman–Crippen MR) is 153 cm³/mol. The van der Waals surface area contributed by atoms with E-state index in [0.29, 0.717) is 35.6 Å². The first-order valence-electron chi connectivity index (χ1n) is 13.8. The van der Waals surface area contributed by atoms with Crippen molar-refractivity contribution in [2.75, 3.05) is 13.7 Å². The van der Waals surface area contributed by atoms with Crippen LogP contribution in [0.15, 0.2) is 66.9 Å². The molecule has 0 saturated carbocycles. The molecule has 0 radical (unpaired) electrons. The minimum Gasteiger partial charge on any atom is -0.472 e. The van der Waals surface area contributed by atoms with E-state index in [0.717, 1.165) is 24.6 Å². The fourth-order valence-corrected chi connectivity index (χ4v) is 5.08. The predicted octanol–water partition coefficient (Wildman–Crippen LogP) is 6.13. The third-order valence-electron chi connectivity index (χ3n) is 7.52. The molecule has 6 rings (SSSR count). The summed E-state index contributed by atoms with van der Waals surface area (Å²) in [5, 5.41) is 8.96. The number of pyridine rings is 1. The summed E-state index contributed by atoms with van der Waals surface area (Å²) in [7, 11) is 1.30. The van der Waals surface area contributed by atoms with Crippen LogP contribution < -0.4 is 4.74 Å². The molecular formula is C33H25F3N4O4. The molecule has 1 fully saturated rings. The van der Waals surface area contributed by atoms with Crippen LogP contribution in [0.2, 0.25) is 0 Å². The Labute approximate surface area is 250 Å². The van der Waals surface area contributed by atoms with E-state index < -0.39 is 23.4 Å². The van der Waals surface area contributed by atoms with Crippen LogP contribution in [0.3, 0.4) is 0 Å². The number of ether oxygens (including phenoxy) is 3. The van der Waals surface area contributed by atoms with E-state index in [1.54, 1.807) is 24.3 Å². The van der Waals surface area contributed by atoms with Gasteiger partial charge in [0.15, 0.2) is 0 Å². The number of hydrogen-bond acceptors (Lipinski definition) is 7. The summed E-state index contributed by atoms with van der Waals surface area (Å²) in [4.78, 5) is 21.0. The maximum atomic E-state index is 15.6. The lowest BCUT2D eigenvalue weighted by Crippen LogP contribution is -2.31. The highest BCUT2D eigenvalue weighted by atomic mass is 19.1. The van der Waals surface area contributed by atoms with E-state index in [4.69, 9.17) is 19.5 Å². The number of rotatable bonds is 9. The van der Waals surface area contributed by atoms with Gasteiger partial charge < -0.3 is 18.8 Å².